The number of rotatable bonds is 5. The van der Waals surface area contributed by atoms with Crippen LogP contribution in [0.15, 0.2) is 64.5 Å². The van der Waals surface area contributed by atoms with Gasteiger partial charge in [-0.2, -0.15) is 0 Å². The molecule has 0 bridgehead atoms. The number of benzene rings is 2. The van der Waals surface area contributed by atoms with Crippen molar-refractivity contribution in [3.05, 3.63) is 70.1 Å². The summed E-state index contributed by atoms with van der Waals surface area (Å²) in [5.74, 6) is 0.456. The summed E-state index contributed by atoms with van der Waals surface area (Å²) >= 11 is 3.38. The fourth-order valence-electron chi connectivity index (χ4n) is 2.85. The van der Waals surface area contributed by atoms with Crippen LogP contribution in [-0.2, 0) is 21.1 Å². The van der Waals surface area contributed by atoms with Gasteiger partial charge in [0.25, 0.3) is 0 Å². The number of carbonyl (C=O) groups is 1. The minimum absolute atomic E-state index is 0.0998. The van der Waals surface area contributed by atoms with Crippen molar-refractivity contribution in [2.24, 2.45) is 0 Å². The predicted molar refractivity (Wildman–Crippen MR) is 105 cm³/mol. The Balaban J connectivity index is 1.88. The largest absolute Gasteiger partial charge is 0.497 e. The standard InChI is InChI=1S/C19H18BrNO4S/c1-25-18-8-2-14(3-9-18)12-19(22)21(16-6-4-15(20)5-7-16)17-10-11-26(23,24)13-17/h2-11,17H,12-13H2,1H3/t17-/m1/s1. The zero-order chi connectivity index (χ0) is 18.7. The number of methoxy groups -OCH3 is 1. The molecule has 0 unspecified atom stereocenters. The van der Waals surface area contributed by atoms with Crippen molar-refractivity contribution in [2.45, 2.75) is 12.5 Å². The van der Waals surface area contributed by atoms with E-state index in [2.05, 4.69) is 15.9 Å². The van der Waals surface area contributed by atoms with Crippen molar-refractivity contribution in [2.75, 3.05) is 17.8 Å². The highest BCUT2D eigenvalue weighted by Gasteiger charge is 2.31. The summed E-state index contributed by atoms with van der Waals surface area (Å²) < 4.78 is 29.7. The van der Waals surface area contributed by atoms with E-state index in [4.69, 9.17) is 4.74 Å². The highest BCUT2D eigenvalue weighted by Crippen LogP contribution is 2.25. The van der Waals surface area contributed by atoms with E-state index >= 15 is 0 Å². The number of hydrogen-bond acceptors (Lipinski definition) is 4. The van der Waals surface area contributed by atoms with Crippen LogP contribution in [0.4, 0.5) is 5.69 Å². The molecular formula is C19H18BrNO4S. The van der Waals surface area contributed by atoms with E-state index in [0.29, 0.717) is 5.69 Å². The van der Waals surface area contributed by atoms with Crippen molar-refractivity contribution < 1.29 is 17.9 Å². The maximum atomic E-state index is 13.0. The van der Waals surface area contributed by atoms with Gasteiger partial charge in [0.05, 0.1) is 25.3 Å². The van der Waals surface area contributed by atoms with Crippen LogP contribution >= 0.6 is 15.9 Å². The van der Waals surface area contributed by atoms with Crippen molar-refractivity contribution in [3.63, 3.8) is 0 Å². The molecule has 3 rings (SSSR count). The maximum absolute atomic E-state index is 13.0. The number of nitrogens with zero attached hydrogens (tertiary/aromatic N) is 1. The molecule has 1 amide bonds. The van der Waals surface area contributed by atoms with E-state index in [1.807, 2.05) is 24.3 Å². The van der Waals surface area contributed by atoms with Crippen LogP contribution < -0.4 is 9.64 Å². The zero-order valence-electron chi connectivity index (χ0n) is 14.1. The van der Waals surface area contributed by atoms with E-state index < -0.39 is 15.9 Å². The van der Waals surface area contributed by atoms with Gasteiger partial charge in [0.15, 0.2) is 9.84 Å². The van der Waals surface area contributed by atoms with Gasteiger partial charge in [-0.3, -0.25) is 4.79 Å². The minimum atomic E-state index is -3.27. The number of anilines is 1. The second-order valence-electron chi connectivity index (χ2n) is 5.99. The molecule has 136 valence electrons. The molecule has 2 aromatic carbocycles. The molecule has 0 N–H and O–H groups in total. The lowest BCUT2D eigenvalue weighted by atomic mass is 10.1. The normalized spacial score (nSPS) is 17.8. The third-order valence-electron chi connectivity index (χ3n) is 4.13. The molecule has 1 aliphatic rings. The van der Waals surface area contributed by atoms with Crippen LogP contribution in [0.25, 0.3) is 0 Å². The first kappa shape index (κ1) is 18.7. The lowest BCUT2D eigenvalue weighted by molar-refractivity contribution is -0.118. The molecule has 5 nitrogen and oxygen atoms in total. The van der Waals surface area contributed by atoms with Gasteiger partial charge in [-0.05, 0) is 48.0 Å². The Morgan fingerprint density at radius 1 is 1.15 bits per heavy atom. The summed E-state index contributed by atoms with van der Waals surface area (Å²) in [4.78, 5) is 14.6. The molecule has 1 atom stereocenters. The number of halogens is 1. The van der Waals surface area contributed by atoms with Crippen molar-refractivity contribution in [1.29, 1.82) is 0 Å². The van der Waals surface area contributed by atoms with E-state index in [9.17, 15) is 13.2 Å². The Morgan fingerprint density at radius 2 is 1.81 bits per heavy atom. The number of ether oxygens (including phenoxy) is 1. The van der Waals surface area contributed by atoms with Crippen molar-refractivity contribution in [3.8, 4) is 5.75 Å². The summed E-state index contributed by atoms with van der Waals surface area (Å²) in [6, 6.07) is 14.0. The molecule has 0 spiro atoms. The van der Waals surface area contributed by atoms with Gasteiger partial charge < -0.3 is 9.64 Å². The Labute approximate surface area is 161 Å². The molecule has 0 fully saturated rings. The summed E-state index contributed by atoms with van der Waals surface area (Å²) in [6.45, 7) is 0. The Hall–Kier alpha value is -2.12. The summed E-state index contributed by atoms with van der Waals surface area (Å²) in [5.41, 5.74) is 1.50. The van der Waals surface area contributed by atoms with E-state index in [0.717, 1.165) is 15.8 Å². The second-order valence-corrected chi connectivity index (χ2v) is 8.84. The smallest absolute Gasteiger partial charge is 0.231 e. The number of amides is 1. The van der Waals surface area contributed by atoms with Gasteiger partial charge in [0.1, 0.15) is 5.75 Å². The molecule has 0 saturated carbocycles. The number of hydrogen-bond donors (Lipinski definition) is 0. The molecule has 7 heteroatoms. The minimum Gasteiger partial charge on any atom is -0.497 e. The monoisotopic (exact) mass is 435 g/mol. The third kappa shape index (κ3) is 4.34. The number of carbonyl (C=O) groups excluding carboxylic acids is 1. The van der Waals surface area contributed by atoms with Gasteiger partial charge in [0, 0.05) is 15.6 Å². The van der Waals surface area contributed by atoms with Gasteiger partial charge in [0.2, 0.25) is 5.91 Å². The van der Waals surface area contributed by atoms with Crippen LogP contribution in [0.1, 0.15) is 5.56 Å². The van der Waals surface area contributed by atoms with Crippen LogP contribution in [0.5, 0.6) is 5.75 Å². The van der Waals surface area contributed by atoms with Gasteiger partial charge in [-0.15, -0.1) is 0 Å². The van der Waals surface area contributed by atoms with E-state index in [1.165, 1.54) is 5.41 Å². The highest BCUT2D eigenvalue weighted by molar-refractivity contribution is 9.10. The topological polar surface area (TPSA) is 63.7 Å². The van der Waals surface area contributed by atoms with Crippen molar-refractivity contribution >= 4 is 37.4 Å². The maximum Gasteiger partial charge on any atom is 0.231 e. The molecule has 0 saturated heterocycles. The molecule has 1 aliphatic heterocycles. The molecular weight excluding hydrogens is 418 g/mol. The second kappa shape index (κ2) is 7.63. The number of sulfone groups is 1. The van der Waals surface area contributed by atoms with Crippen LogP contribution in [0.2, 0.25) is 0 Å². The van der Waals surface area contributed by atoms with E-state index in [-0.39, 0.29) is 18.1 Å². The highest BCUT2D eigenvalue weighted by atomic mass is 79.9. The van der Waals surface area contributed by atoms with Crippen LogP contribution in [-0.4, -0.2) is 33.2 Å². The lowest BCUT2D eigenvalue weighted by Gasteiger charge is -2.28. The first-order valence-corrected chi connectivity index (χ1v) is 10.5. The molecule has 1 heterocycles. The Bertz CT molecular complexity index is 921. The summed E-state index contributed by atoms with van der Waals surface area (Å²) in [6.07, 6.45) is 1.74. The van der Waals surface area contributed by atoms with Crippen LogP contribution in [0.3, 0.4) is 0 Å². The predicted octanol–water partition coefficient (Wildman–Crippen LogP) is 3.34. The quantitative estimate of drug-likeness (QED) is 0.722. The first-order valence-electron chi connectivity index (χ1n) is 7.99. The fraction of sp³-hybridized carbons (Fsp3) is 0.211. The van der Waals surface area contributed by atoms with Crippen molar-refractivity contribution in [1.82, 2.24) is 0 Å². The molecule has 0 aromatic heterocycles. The summed E-state index contributed by atoms with van der Waals surface area (Å²) in [5, 5.41) is 1.18. The molecule has 0 radical (unpaired) electrons. The van der Waals surface area contributed by atoms with Gasteiger partial charge in [-0.25, -0.2) is 8.42 Å². The fourth-order valence-corrected chi connectivity index (χ4v) is 4.38. The third-order valence-corrected chi connectivity index (χ3v) is 6.04. The Morgan fingerprint density at radius 3 is 2.35 bits per heavy atom. The van der Waals surface area contributed by atoms with E-state index in [1.54, 1.807) is 42.4 Å². The SMILES string of the molecule is COc1ccc(CC(=O)N(c2ccc(Br)cc2)[C@@H]2C=CS(=O)(=O)C2)cc1. The average molecular weight is 436 g/mol. The first-order chi connectivity index (χ1) is 12.4. The molecule has 2 aromatic rings. The van der Waals surface area contributed by atoms with Gasteiger partial charge in [-0.1, -0.05) is 28.1 Å². The Kier molecular flexibility index (Phi) is 5.48. The molecule has 0 aliphatic carbocycles. The van der Waals surface area contributed by atoms with Crippen LogP contribution in [0, 0.1) is 0 Å². The molecule has 26 heavy (non-hydrogen) atoms. The zero-order valence-corrected chi connectivity index (χ0v) is 16.5. The summed E-state index contributed by atoms with van der Waals surface area (Å²) in [7, 11) is -1.69. The average Bonchev–Trinajstić information content (AvgIpc) is 2.97. The lowest BCUT2D eigenvalue weighted by Crippen LogP contribution is -2.42. The van der Waals surface area contributed by atoms with Gasteiger partial charge >= 0.3 is 0 Å².